The first-order chi connectivity index (χ1) is 15.0. The molecule has 2 heterocycles. The van der Waals surface area contributed by atoms with Gasteiger partial charge in [0.1, 0.15) is 5.75 Å². The fourth-order valence-corrected chi connectivity index (χ4v) is 4.92. The summed E-state index contributed by atoms with van der Waals surface area (Å²) in [5.41, 5.74) is 2.14. The molecule has 0 atom stereocenters. The lowest BCUT2D eigenvalue weighted by atomic mass is 10.1. The number of aromatic nitrogens is 1. The number of fused-ring (bicyclic) bond motifs is 1. The van der Waals surface area contributed by atoms with E-state index in [-0.39, 0.29) is 16.4 Å². The molecule has 2 aromatic heterocycles. The van der Waals surface area contributed by atoms with Crippen LogP contribution in [0, 0.1) is 10.1 Å². The standard InChI is InChI=1S/C22H20N2O5S2/c25-20-14-31-22(26)23(20)13-16-6-9-19(18-10-12-30-21(16)18)29-11-2-1-3-15-4-7-17(8-5-15)24(27)28/h4-10,12,14,25H,1-3,11,13H2. The number of aryl methyl sites for hydroxylation is 1. The van der Waals surface area contributed by atoms with E-state index in [4.69, 9.17) is 4.74 Å². The van der Waals surface area contributed by atoms with E-state index in [9.17, 15) is 20.0 Å². The number of nitro benzene ring substituents is 1. The van der Waals surface area contributed by atoms with Gasteiger partial charge in [-0.05, 0) is 47.9 Å². The quantitative estimate of drug-likeness (QED) is 0.212. The zero-order valence-corrected chi connectivity index (χ0v) is 18.2. The number of rotatable bonds is 9. The van der Waals surface area contributed by atoms with Crippen LogP contribution < -0.4 is 9.61 Å². The molecule has 0 amide bonds. The molecule has 0 saturated heterocycles. The molecule has 31 heavy (non-hydrogen) atoms. The molecule has 4 aromatic rings. The highest BCUT2D eigenvalue weighted by Gasteiger charge is 2.12. The molecule has 7 nitrogen and oxygen atoms in total. The van der Waals surface area contributed by atoms with Crippen LogP contribution in [0.4, 0.5) is 5.69 Å². The van der Waals surface area contributed by atoms with Gasteiger partial charge >= 0.3 is 4.87 Å². The maximum absolute atomic E-state index is 11.9. The van der Waals surface area contributed by atoms with Crippen molar-refractivity contribution in [3.8, 4) is 11.6 Å². The molecule has 2 aromatic carbocycles. The van der Waals surface area contributed by atoms with E-state index in [2.05, 4.69) is 0 Å². The van der Waals surface area contributed by atoms with E-state index in [0.717, 1.165) is 57.6 Å². The Morgan fingerprint density at radius 3 is 2.58 bits per heavy atom. The van der Waals surface area contributed by atoms with Crippen molar-refractivity contribution in [1.82, 2.24) is 4.57 Å². The molecular weight excluding hydrogens is 436 g/mol. The first-order valence-corrected chi connectivity index (χ1v) is 11.5. The van der Waals surface area contributed by atoms with Gasteiger partial charge in [-0.25, -0.2) is 0 Å². The topological polar surface area (TPSA) is 94.6 Å². The number of thiazole rings is 1. The van der Waals surface area contributed by atoms with Crippen molar-refractivity contribution in [2.45, 2.75) is 25.8 Å². The van der Waals surface area contributed by atoms with E-state index in [1.807, 2.05) is 23.6 Å². The van der Waals surface area contributed by atoms with Crippen LogP contribution in [0.25, 0.3) is 10.1 Å². The van der Waals surface area contributed by atoms with Crippen molar-refractivity contribution in [2.75, 3.05) is 6.61 Å². The molecule has 0 fully saturated rings. The predicted molar refractivity (Wildman–Crippen MR) is 123 cm³/mol. The Balaban J connectivity index is 1.34. The molecule has 0 bridgehead atoms. The second kappa shape index (κ2) is 9.32. The fourth-order valence-electron chi connectivity index (χ4n) is 3.38. The lowest BCUT2D eigenvalue weighted by Crippen LogP contribution is -2.13. The van der Waals surface area contributed by atoms with Crippen molar-refractivity contribution in [1.29, 1.82) is 0 Å². The van der Waals surface area contributed by atoms with Crippen molar-refractivity contribution < 1.29 is 14.8 Å². The Morgan fingerprint density at radius 2 is 1.87 bits per heavy atom. The summed E-state index contributed by atoms with van der Waals surface area (Å²) in [6.07, 6.45) is 2.62. The summed E-state index contributed by atoms with van der Waals surface area (Å²) >= 11 is 2.57. The second-order valence-corrected chi connectivity index (χ2v) is 8.80. The van der Waals surface area contributed by atoms with E-state index in [0.29, 0.717) is 13.2 Å². The molecule has 9 heteroatoms. The van der Waals surface area contributed by atoms with Crippen LogP contribution in [-0.2, 0) is 13.0 Å². The van der Waals surface area contributed by atoms with E-state index >= 15 is 0 Å². The van der Waals surface area contributed by atoms with Crippen LogP contribution in [0.3, 0.4) is 0 Å². The molecule has 4 rings (SSSR count). The molecule has 0 saturated carbocycles. The summed E-state index contributed by atoms with van der Waals surface area (Å²) in [4.78, 5) is 22.0. The van der Waals surface area contributed by atoms with Gasteiger partial charge in [0.2, 0.25) is 5.88 Å². The van der Waals surface area contributed by atoms with Gasteiger partial charge in [0, 0.05) is 22.2 Å². The Kier molecular flexibility index (Phi) is 6.34. The van der Waals surface area contributed by atoms with Crippen molar-refractivity contribution in [2.24, 2.45) is 0 Å². The monoisotopic (exact) mass is 456 g/mol. The molecule has 0 aliphatic rings. The Bertz CT molecular complexity index is 1260. The molecule has 0 spiro atoms. The number of thiophene rings is 1. The number of aromatic hydroxyl groups is 1. The number of nitrogens with zero attached hydrogens (tertiary/aromatic N) is 2. The Labute approximate surface area is 185 Å². The number of nitro groups is 1. The third-order valence-corrected chi connectivity index (χ3v) is 6.75. The molecule has 0 aliphatic heterocycles. The van der Waals surface area contributed by atoms with Gasteiger partial charge in [-0.1, -0.05) is 29.5 Å². The molecule has 0 aliphatic carbocycles. The smallest absolute Gasteiger partial charge is 0.310 e. The van der Waals surface area contributed by atoms with Crippen LogP contribution in [0.15, 0.2) is 58.0 Å². The van der Waals surface area contributed by atoms with Gasteiger partial charge in [-0.3, -0.25) is 19.5 Å². The van der Waals surface area contributed by atoms with Gasteiger partial charge in [0.15, 0.2) is 0 Å². The summed E-state index contributed by atoms with van der Waals surface area (Å²) in [6.45, 7) is 0.892. The molecule has 1 N–H and O–H groups in total. The van der Waals surface area contributed by atoms with E-state index in [1.165, 1.54) is 22.1 Å². The average Bonchev–Trinajstić information content (AvgIpc) is 3.38. The first-order valence-electron chi connectivity index (χ1n) is 9.75. The lowest BCUT2D eigenvalue weighted by molar-refractivity contribution is -0.384. The number of ether oxygens (including phenoxy) is 1. The minimum absolute atomic E-state index is 0.0203. The highest BCUT2D eigenvalue weighted by Crippen LogP contribution is 2.33. The van der Waals surface area contributed by atoms with Crippen molar-refractivity contribution >= 4 is 38.4 Å². The average molecular weight is 457 g/mol. The normalized spacial score (nSPS) is 11.1. The van der Waals surface area contributed by atoms with Crippen LogP contribution in [0.5, 0.6) is 11.6 Å². The molecular formula is C22H20N2O5S2. The minimum Gasteiger partial charge on any atom is -0.494 e. The van der Waals surface area contributed by atoms with Crippen LogP contribution >= 0.6 is 22.7 Å². The maximum atomic E-state index is 11.9. The van der Waals surface area contributed by atoms with Crippen LogP contribution in [0.2, 0.25) is 0 Å². The summed E-state index contributed by atoms with van der Waals surface area (Å²) in [5.74, 6) is 0.783. The highest BCUT2D eigenvalue weighted by molar-refractivity contribution is 7.17. The number of unbranched alkanes of at least 4 members (excludes halogenated alkanes) is 1. The van der Waals surface area contributed by atoms with Gasteiger partial charge in [0.25, 0.3) is 5.69 Å². The second-order valence-electron chi connectivity index (χ2n) is 7.06. The minimum atomic E-state index is -0.393. The molecule has 0 unspecified atom stereocenters. The summed E-state index contributed by atoms with van der Waals surface area (Å²) < 4.78 is 8.41. The van der Waals surface area contributed by atoms with Gasteiger partial charge in [0.05, 0.1) is 23.5 Å². The number of benzene rings is 2. The van der Waals surface area contributed by atoms with E-state index < -0.39 is 4.92 Å². The third-order valence-electron chi connectivity index (χ3n) is 5.01. The number of non-ortho nitro benzene ring substituents is 1. The van der Waals surface area contributed by atoms with Crippen LogP contribution in [0.1, 0.15) is 24.0 Å². The van der Waals surface area contributed by atoms with Crippen molar-refractivity contribution in [3.05, 3.63) is 84.1 Å². The van der Waals surface area contributed by atoms with Crippen LogP contribution in [-0.4, -0.2) is 21.2 Å². The van der Waals surface area contributed by atoms with Gasteiger partial charge < -0.3 is 9.84 Å². The molecule has 160 valence electrons. The number of hydrogen-bond acceptors (Lipinski definition) is 7. The third kappa shape index (κ3) is 4.78. The zero-order valence-electron chi connectivity index (χ0n) is 16.5. The summed E-state index contributed by atoms with van der Waals surface area (Å²) in [5, 5.41) is 25.0. The Morgan fingerprint density at radius 1 is 1.06 bits per heavy atom. The van der Waals surface area contributed by atoms with Gasteiger partial charge in [-0.15, -0.1) is 11.3 Å². The first kappa shape index (κ1) is 21.1. The molecule has 0 radical (unpaired) electrons. The highest BCUT2D eigenvalue weighted by atomic mass is 32.1. The van der Waals surface area contributed by atoms with Gasteiger partial charge in [-0.2, -0.15) is 0 Å². The maximum Gasteiger partial charge on any atom is 0.310 e. The lowest BCUT2D eigenvalue weighted by Gasteiger charge is -2.11. The summed E-state index contributed by atoms with van der Waals surface area (Å²) in [6, 6.07) is 12.5. The number of hydrogen-bond donors (Lipinski definition) is 1. The van der Waals surface area contributed by atoms with Crippen molar-refractivity contribution in [3.63, 3.8) is 0 Å². The SMILES string of the molecule is O=c1scc(O)n1Cc1ccc(OCCCCc2ccc([N+](=O)[O-])cc2)c2ccsc12. The fraction of sp³-hybridized carbons (Fsp3) is 0.227. The predicted octanol–water partition coefficient (Wildman–Crippen LogP) is 5.19. The Hall–Kier alpha value is -3.17. The largest absolute Gasteiger partial charge is 0.494 e. The zero-order chi connectivity index (χ0) is 21.8. The van der Waals surface area contributed by atoms with E-state index in [1.54, 1.807) is 23.5 Å². The summed E-state index contributed by atoms with van der Waals surface area (Å²) in [7, 11) is 0.